The van der Waals surface area contributed by atoms with Gasteiger partial charge in [0, 0.05) is 5.56 Å². The summed E-state index contributed by atoms with van der Waals surface area (Å²) in [4.78, 5) is 0. The highest BCUT2D eigenvalue weighted by Crippen LogP contribution is 2.37. The van der Waals surface area contributed by atoms with E-state index in [2.05, 4.69) is 12.1 Å². The van der Waals surface area contributed by atoms with Crippen LogP contribution in [0.5, 0.6) is 11.5 Å². The molecule has 21 heavy (non-hydrogen) atoms. The Bertz CT molecular complexity index is 599. The van der Waals surface area contributed by atoms with Gasteiger partial charge in [0.15, 0.2) is 0 Å². The number of ether oxygens (including phenoxy) is 2. The van der Waals surface area contributed by atoms with Crippen LogP contribution in [0.1, 0.15) is 34.6 Å². The number of hydrogen-bond acceptors (Lipinski definition) is 2. The molecule has 0 aromatic heterocycles. The largest absolute Gasteiger partial charge is 0.496 e. The highest BCUT2D eigenvalue weighted by atomic mass is 35.5. The van der Waals surface area contributed by atoms with Crippen molar-refractivity contribution in [2.45, 2.75) is 26.1 Å². The van der Waals surface area contributed by atoms with Crippen LogP contribution in [0.15, 0.2) is 36.4 Å². The minimum atomic E-state index is -0.240. The second-order valence-electron chi connectivity index (χ2n) is 5.02. The number of benzene rings is 2. The average Bonchev–Trinajstić information content (AvgIpc) is 2.47. The van der Waals surface area contributed by atoms with E-state index < -0.39 is 0 Å². The number of methoxy groups -OCH3 is 1. The molecule has 2 rings (SSSR count). The van der Waals surface area contributed by atoms with E-state index in [9.17, 15) is 0 Å². The molecule has 2 nitrogen and oxygen atoms in total. The van der Waals surface area contributed by atoms with Crippen molar-refractivity contribution in [1.29, 1.82) is 0 Å². The molecule has 1 unspecified atom stereocenters. The molecule has 0 amide bonds. The summed E-state index contributed by atoms with van der Waals surface area (Å²) in [6, 6.07) is 12.1. The van der Waals surface area contributed by atoms with Gasteiger partial charge >= 0.3 is 0 Å². The summed E-state index contributed by atoms with van der Waals surface area (Å²) in [5, 5.41) is -0.240. The number of rotatable bonds is 5. The van der Waals surface area contributed by atoms with Crippen LogP contribution in [0.4, 0.5) is 0 Å². The highest BCUT2D eigenvalue weighted by molar-refractivity contribution is 6.22. The van der Waals surface area contributed by atoms with Crippen LogP contribution in [0, 0.1) is 13.8 Å². The van der Waals surface area contributed by atoms with Gasteiger partial charge in [0.25, 0.3) is 0 Å². The van der Waals surface area contributed by atoms with Crippen LogP contribution in [0.2, 0.25) is 0 Å². The molecule has 0 aliphatic carbocycles. The Labute approximate surface area is 131 Å². The zero-order valence-electron chi connectivity index (χ0n) is 12.9. The lowest BCUT2D eigenvalue weighted by molar-refractivity contribution is 0.337. The Morgan fingerprint density at radius 2 is 1.71 bits per heavy atom. The minimum Gasteiger partial charge on any atom is -0.496 e. The lowest BCUT2D eigenvalue weighted by atomic mass is 9.98. The summed E-state index contributed by atoms with van der Waals surface area (Å²) in [5.41, 5.74) is 4.23. The van der Waals surface area contributed by atoms with E-state index in [1.54, 1.807) is 7.11 Å². The van der Waals surface area contributed by atoms with Crippen molar-refractivity contribution in [2.24, 2.45) is 0 Å². The lowest BCUT2D eigenvalue weighted by Crippen LogP contribution is -2.01. The molecule has 0 heterocycles. The van der Waals surface area contributed by atoms with Gasteiger partial charge in [-0.3, -0.25) is 0 Å². The van der Waals surface area contributed by atoms with Crippen molar-refractivity contribution in [2.75, 3.05) is 13.7 Å². The van der Waals surface area contributed by atoms with Crippen LogP contribution in [-0.2, 0) is 0 Å². The first-order valence-electron chi connectivity index (χ1n) is 7.09. The van der Waals surface area contributed by atoms with E-state index in [0.29, 0.717) is 6.61 Å². The van der Waals surface area contributed by atoms with Gasteiger partial charge in [-0.05, 0) is 43.5 Å². The molecule has 0 aliphatic rings. The van der Waals surface area contributed by atoms with Gasteiger partial charge < -0.3 is 9.47 Å². The number of hydrogen-bond donors (Lipinski definition) is 0. The Hall–Kier alpha value is -1.67. The first kappa shape index (κ1) is 15.7. The molecule has 0 spiro atoms. The zero-order chi connectivity index (χ0) is 15.4. The van der Waals surface area contributed by atoms with Crippen molar-refractivity contribution in [3.8, 4) is 11.5 Å². The maximum atomic E-state index is 6.69. The van der Waals surface area contributed by atoms with Crippen LogP contribution in [0.25, 0.3) is 0 Å². The Balaban J connectivity index is 2.43. The summed E-state index contributed by atoms with van der Waals surface area (Å²) in [7, 11) is 1.69. The summed E-state index contributed by atoms with van der Waals surface area (Å²) < 4.78 is 11.1. The smallest absolute Gasteiger partial charge is 0.124 e. The van der Waals surface area contributed by atoms with E-state index in [1.807, 2.05) is 45.0 Å². The maximum absolute atomic E-state index is 6.69. The first-order valence-corrected chi connectivity index (χ1v) is 7.53. The third-order valence-electron chi connectivity index (χ3n) is 3.47. The molecule has 1 atom stereocenters. The Morgan fingerprint density at radius 1 is 1.10 bits per heavy atom. The summed E-state index contributed by atoms with van der Waals surface area (Å²) in [6.07, 6.45) is 0. The third-order valence-corrected chi connectivity index (χ3v) is 3.96. The van der Waals surface area contributed by atoms with Crippen molar-refractivity contribution < 1.29 is 9.47 Å². The molecule has 0 saturated heterocycles. The standard InChI is InChI=1S/C18H21ClO2/c1-5-21-16-9-7-6-8-15(16)17(19)14-10-12(2)18(20-4)13(3)11-14/h6-11,17H,5H2,1-4H3. The van der Waals surface area contributed by atoms with Gasteiger partial charge in [0.2, 0.25) is 0 Å². The third kappa shape index (κ3) is 3.33. The summed E-state index contributed by atoms with van der Waals surface area (Å²) in [5.74, 6) is 1.76. The SMILES string of the molecule is CCOc1ccccc1C(Cl)c1cc(C)c(OC)c(C)c1. The molecule has 2 aromatic carbocycles. The quantitative estimate of drug-likeness (QED) is 0.721. The van der Waals surface area contributed by atoms with Crippen LogP contribution >= 0.6 is 11.6 Å². The van der Waals surface area contributed by atoms with Crippen molar-refractivity contribution in [1.82, 2.24) is 0 Å². The first-order chi connectivity index (χ1) is 10.1. The molecule has 3 heteroatoms. The lowest BCUT2D eigenvalue weighted by Gasteiger charge is -2.18. The van der Waals surface area contributed by atoms with Gasteiger partial charge in [0.1, 0.15) is 11.5 Å². The van der Waals surface area contributed by atoms with Crippen LogP contribution in [0.3, 0.4) is 0 Å². The molecule has 2 aromatic rings. The molecular formula is C18H21ClO2. The fraction of sp³-hybridized carbons (Fsp3) is 0.333. The predicted octanol–water partition coefficient (Wildman–Crippen LogP) is 5.04. The van der Waals surface area contributed by atoms with Crippen LogP contribution in [-0.4, -0.2) is 13.7 Å². The van der Waals surface area contributed by atoms with E-state index >= 15 is 0 Å². The summed E-state index contributed by atoms with van der Waals surface area (Å²) in [6.45, 7) is 6.67. The van der Waals surface area contributed by atoms with Gasteiger partial charge in [-0.25, -0.2) is 0 Å². The molecular weight excluding hydrogens is 284 g/mol. The van der Waals surface area contributed by atoms with Crippen molar-refractivity contribution >= 4 is 11.6 Å². The second-order valence-corrected chi connectivity index (χ2v) is 5.46. The molecule has 0 aliphatic heterocycles. The fourth-order valence-corrected chi connectivity index (χ4v) is 2.91. The summed E-state index contributed by atoms with van der Waals surface area (Å²) >= 11 is 6.69. The van der Waals surface area contributed by atoms with Gasteiger partial charge in [0.05, 0.1) is 19.1 Å². The van der Waals surface area contributed by atoms with Gasteiger partial charge in [-0.15, -0.1) is 11.6 Å². The average molecular weight is 305 g/mol. The topological polar surface area (TPSA) is 18.5 Å². The van der Waals surface area contributed by atoms with Gasteiger partial charge in [-0.1, -0.05) is 30.3 Å². The number of halogens is 1. The number of aryl methyl sites for hydroxylation is 2. The van der Waals surface area contributed by atoms with Crippen molar-refractivity contribution in [3.05, 3.63) is 58.7 Å². The monoisotopic (exact) mass is 304 g/mol. The number of alkyl halides is 1. The van der Waals surface area contributed by atoms with E-state index in [1.165, 1.54) is 0 Å². The zero-order valence-corrected chi connectivity index (χ0v) is 13.7. The second kappa shape index (κ2) is 6.86. The highest BCUT2D eigenvalue weighted by Gasteiger charge is 2.17. The van der Waals surface area contributed by atoms with Crippen LogP contribution < -0.4 is 9.47 Å². The maximum Gasteiger partial charge on any atom is 0.124 e. The predicted molar refractivity (Wildman–Crippen MR) is 87.8 cm³/mol. The number of para-hydroxylation sites is 1. The van der Waals surface area contributed by atoms with E-state index in [0.717, 1.165) is 33.8 Å². The molecule has 0 fully saturated rings. The fourth-order valence-electron chi connectivity index (χ4n) is 2.61. The Morgan fingerprint density at radius 3 is 2.29 bits per heavy atom. The molecule has 112 valence electrons. The molecule has 0 saturated carbocycles. The minimum absolute atomic E-state index is 0.240. The molecule has 0 radical (unpaired) electrons. The molecule has 0 N–H and O–H groups in total. The Kier molecular flexibility index (Phi) is 5.13. The normalized spacial score (nSPS) is 12.0. The van der Waals surface area contributed by atoms with E-state index in [-0.39, 0.29) is 5.38 Å². The van der Waals surface area contributed by atoms with Crippen molar-refractivity contribution in [3.63, 3.8) is 0 Å². The molecule has 0 bridgehead atoms. The van der Waals surface area contributed by atoms with Gasteiger partial charge in [-0.2, -0.15) is 0 Å². The van der Waals surface area contributed by atoms with E-state index in [4.69, 9.17) is 21.1 Å².